The Kier molecular flexibility index (Phi) is 5.15. The van der Waals surface area contributed by atoms with E-state index in [1.54, 1.807) is 48.5 Å². The quantitative estimate of drug-likeness (QED) is 0.482. The van der Waals surface area contributed by atoms with Crippen molar-refractivity contribution in [3.63, 3.8) is 0 Å². The van der Waals surface area contributed by atoms with Crippen LogP contribution < -0.4 is 21.1 Å². The number of para-hydroxylation sites is 1. The highest BCUT2D eigenvalue weighted by atomic mass is 16.5. The van der Waals surface area contributed by atoms with E-state index in [0.29, 0.717) is 35.5 Å². The Bertz CT molecular complexity index is 874. The molecule has 3 rings (SSSR count). The van der Waals surface area contributed by atoms with Gasteiger partial charge in [-0.05, 0) is 24.3 Å². The van der Waals surface area contributed by atoms with Crippen molar-refractivity contribution in [2.75, 3.05) is 11.9 Å². The zero-order valence-electron chi connectivity index (χ0n) is 14.0. The van der Waals surface area contributed by atoms with Crippen LogP contribution in [0, 0.1) is 16.7 Å². The Balaban J connectivity index is 1.60. The number of nitrogens with one attached hydrogen (secondary N) is 3. The fourth-order valence-corrected chi connectivity index (χ4v) is 2.83. The number of amides is 1. The maximum Gasteiger partial charge on any atom is 0.241 e. The number of benzene rings is 2. The molecule has 1 aliphatic heterocycles. The van der Waals surface area contributed by atoms with Crippen molar-refractivity contribution >= 4 is 17.4 Å². The lowest BCUT2D eigenvalue weighted by atomic mass is 10.1. The Morgan fingerprint density at radius 3 is 2.88 bits per heavy atom. The Labute approximate surface area is 151 Å². The van der Waals surface area contributed by atoms with E-state index < -0.39 is 6.04 Å². The molecule has 1 amide bonds. The van der Waals surface area contributed by atoms with Crippen molar-refractivity contribution in [2.24, 2.45) is 5.73 Å². The highest BCUT2D eigenvalue weighted by molar-refractivity contribution is 5.96. The standard InChI is InChI=1S/C19H19N5O2/c20-10-13-4-1-2-7-16(13)24-19(25)17-9-15(11-23-17)26-14-6-3-5-12(8-14)18(21)22/h1-8,15,17,23H,9,11H2,(H3,21,22)(H,24,25)/t15-,17+/m1/s1. The molecule has 7 heteroatoms. The summed E-state index contributed by atoms with van der Waals surface area (Å²) in [4.78, 5) is 12.4. The van der Waals surface area contributed by atoms with E-state index >= 15 is 0 Å². The summed E-state index contributed by atoms with van der Waals surface area (Å²) < 4.78 is 5.89. The molecule has 1 aliphatic rings. The number of amidine groups is 1. The number of anilines is 1. The minimum absolute atomic E-state index is 0.0200. The van der Waals surface area contributed by atoms with Gasteiger partial charge in [0.05, 0.1) is 17.3 Å². The lowest BCUT2D eigenvalue weighted by molar-refractivity contribution is -0.117. The third-order valence-corrected chi connectivity index (χ3v) is 4.16. The number of hydrogen-bond donors (Lipinski definition) is 4. The molecule has 7 nitrogen and oxygen atoms in total. The van der Waals surface area contributed by atoms with Crippen LogP contribution in [0.3, 0.4) is 0 Å². The molecule has 0 aliphatic carbocycles. The average Bonchev–Trinajstić information content (AvgIpc) is 3.11. The van der Waals surface area contributed by atoms with Gasteiger partial charge in [0, 0.05) is 18.5 Å². The monoisotopic (exact) mass is 349 g/mol. The SMILES string of the molecule is N#Cc1ccccc1NC(=O)[C@@H]1C[C@@H](Oc2cccc(C(=N)N)c2)CN1. The van der Waals surface area contributed by atoms with Gasteiger partial charge in [-0.25, -0.2) is 0 Å². The fraction of sp³-hybridized carbons (Fsp3) is 0.211. The molecule has 1 fully saturated rings. The van der Waals surface area contributed by atoms with Crippen LogP contribution in [0.1, 0.15) is 17.5 Å². The first kappa shape index (κ1) is 17.5. The molecule has 0 aromatic heterocycles. The summed E-state index contributed by atoms with van der Waals surface area (Å²) in [5, 5.41) is 22.5. The third-order valence-electron chi connectivity index (χ3n) is 4.16. The number of nitrogens with two attached hydrogens (primary N) is 1. The summed E-state index contributed by atoms with van der Waals surface area (Å²) in [7, 11) is 0. The van der Waals surface area contributed by atoms with Crippen LogP contribution in [-0.4, -0.2) is 30.4 Å². The van der Waals surface area contributed by atoms with Crippen LogP contribution in [0.2, 0.25) is 0 Å². The molecule has 5 N–H and O–H groups in total. The number of rotatable bonds is 5. The van der Waals surface area contributed by atoms with Gasteiger partial charge in [-0.15, -0.1) is 0 Å². The zero-order chi connectivity index (χ0) is 18.5. The van der Waals surface area contributed by atoms with Crippen LogP contribution in [0.5, 0.6) is 5.75 Å². The molecule has 1 saturated heterocycles. The predicted molar refractivity (Wildman–Crippen MR) is 98.1 cm³/mol. The van der Waals surface area contributed by atoms with Crippen molar-refractivity contribution in [1.82, 2.24) is 5.32 Å². The highest BCUT2D eigenvalue weighted by Crippen LogP contribution is 2.20. The van der Waals surface area contributed by atoms with Gasteiger partial charge in [0.15, 0.2) is 0 Å². The van der Waals surface area contributed by atoms with Crippen molar-refractivity contribution in [1.29, 1.82) is 10.7 Å². The zero-order valence-corrected chi connectivity index (χ0v) is 14.0. The average molecular weight is 349 g/mol. The highest BCUT2D eigenvalue weighted by Gasteiger charge is 2.31. The molecule has 0 radical (unpaired) electrons. The molecule has 1 heterocycles. The predicted octanol–water partition coefficient (Wildman–Crippen LogP) is 1.59. The Morgan fingerprint density at radius 2 is 2.12 bits per heavy atom. The first-order valence-corrected chi connectivity index (χ1v) is 8.21. The molecular formula is C19H19N5O2. The summed E-state index contributed by atoms with van der Waals surface area (Å²) in [6.07, 6.45) is 0.337. The second-order valence-electron chi connectivity index (χ2n) is 6.02. The van der Waals surface area contributed by atoms with Gasteiger partial charge in [0.25, 0.3) is 0 Å². The van der Waals surface area contributed by atoms with Crippen LogP contribution >= 0.6 is 0 Å². The van der Waals surface area contributed by atoms with Gasteiger partial charge in [0.1, 0.15) is 23.8 Å². The number of ether oxygens (including phenoxy) is 1. The maximum atomic E-state index is 12.4. The van der Waals surface area contributed by atoms with E-state index in [1.807, 2.05) is 0 Å². The molecule has 2 atom stereocenters. The molecule has 132 valence electrons. The number of nitrogens with zero attached hydrogens (tertiary/aromatic N) is 1. The minimum atomic E-state index is -0.400. The molecule has 2 aromatic rings. The normalized spacial score (nSPS) is 18.7. The van der Waals surface area contributed by atoms with Gasteiger partial charge in [-0.2, -0.15) is 5.26 Å². The lowest BCUT2D eigenvalue weighted by Gasteiger charge is -2.14. The van der Waals surface area contributed by atoms with Gasteiger partial charge >= 0.3 is 0 Å². The first-order valence-electron chi connectivity index (χ1n) is 8.21. The van der Waals surface area contributed by atoms with E-state index in [1.165, 1.54) is 0 Å². The van der Waals surface area contributed by atoms with E-state index in [4.69, 9.17) is 21.1 Å². The van der Waals surface area contributed by atoms with Gasteiger partial charge < -0.3 is 21.1 Å². The molecular weight excluding hydrogens is 330 g/mol. The summed E-state index contributed by atoms with van der Waals surface area (Å²) in [5.41, 5.74) is 7.01. The first-order chi connectivity index (χ1) is 12.6. The lowest BCUT2D eigenvalue weighted by Crippen LogP contribution is -2.35. The number of carbonyl (C=O) groups excluding carboxylic acids is 1. The third kappa shape index (κ3) is 3.99. The van der Waals surface area contributed by atoms with Crippen molar-refractivity contribution in [3.8, 4) is 11.8 Å². The molecule has 2 aromatic carbocycles. The van der Waals surface area contributed by atoms with Gasteiger partial charge in [0.2, 0.25) is 5.91 Å². The van der Waals surface area contributed by atoms with Crippen molar-refractivity contribution in [2.45, 2.75) is 18.6 Å². The molecule has 0 saturated carbocycles. The summed E-state index contributed by atoms with van der Waals surface area (Å²) in [6, 6.07) is 15.6. The van der Waals surface area contributed by atoms with Crippen LogP contribution in [0.15, 0.2) is 48.5 Å². The Hall–Kier alpha value is -3.37. The summed E-state index contributed by atoms with van der Waals surface area (Å²) in [5.74, 6) is 0.394. The van der Waals surface area contributed by atoms with Crippen molar-refractivity contribution in [3.05, 3.63) is 59.7 Å². The fourth-order valence-electron chi connectivity index (χ4n) is 2.83. The number of nitrogen functional groups attached to an aromatic ring is 1. The number of carbonyl (C=O) groups is 1. The molecule has 0 unspecified atom stereocenters. The number of hydrogen-bond acceptors (Lipinski definition) is 5. The molecule has 26 heavy (non-hydrogen) atoms. The summed E-state index contributed by atoms with van der Waals surface area (Å²) >= 11 is 0. The van der Waals surface area contributed by atoms with Gasteiger partial charge in [-0.3, -0.25) is 10.2 Å². The van der Waals surface area contributed by atoms with E-state index in [9.17, 15) is 4.79 Å². The van der Waals surface area contributed by atoms with E-state index in [-0.39, 0.29) is 17.8 Å². The summed E-state index contributed by atoms with van der Waals surface area (Å²) in [6.45, 7) is 0.530. The van der Waals surface area contributed by atoms with Crippen LogP contribution in [0.4, 0.5) is 5.69 Å². The van der Waals surface area contributed by atoms with Gasteiger partial charge in [-0.1, -0.05) is 24.3 Å². The van der Waals surface area contributed by atoms with Crippen LogP contribution in [0.25, 0.3) is 0 Å². The second kappa shape index (κ2) is 7.68. The molecule has 0 spiro atoms. The number of nitriles is 1. The largest absolute Gasteiger partial charge is 0.489 e. The molecule has 0 bridgehead atoms. The second-order valence-corrected chi connectivity index (χ2v) is 6.02. The van der Waals surface area contributed by atoms with E-state index in [0.717, 1.165) is 0 Å². The van der Waals surface area contributed by atoms with E-state index in [2.05, 4.69) is 16.7 Å². The topological polar surface area (TPSA) is 124 Å². The van der Waals surface area contributed by atoms with Crippen molar-refractivity contribution < 1.29 is 9.53 Å². The minimum Gasteiger partial charge on any atom is -0.489 e. The maximum absolute atomic E-state index is 12.4. The Morgan fingerprint density at radius 1 is 1.31 bits per heavy atom. The van der Waals surface area contributed by atoms with Crippen LogP contribution in [-0.2, 0) is 4.79 Å². The smallest absolute Gasteiger partial charge is 0.241 e.